The number of carbonyl (C=O) groups is 4. The van der Waals surface area contributed by atoms with Gasteiger partial charge in [0.05, 0.1) is 32.0 Å². The molecule has 1 aromatic heterocycles. The fourth-order valence-electron chi connectivity index (χ4n) is 4.56. The molecule has 3 amide bonds. The molecule has 0 fully saturated rings. The monoisotopic (exact) mass is 543 g/mol. The summed E-state index contributed by atoms with van der Waals surface area (Å²) in [6.45, 7) is 3.04. The van der Waals surface area contributed by atoms with E-state index in [4.69, 9.17) is 4.74 Å². The average Bonchev–Trinajstić information content (AvgIpc) is 3.34. The molecule has 3 N–H and O–H groups in total. The van der Waals surface area contributed by atoms with Crippen LogP contribution in [0.25, 0.3) is 0 Å². The minimum absolute atomic E-state index is 0.0551. The molecular formula is C30H33N5O5. The number of pyridine rings is 1. The standard InChI is InChI=1S/C30H33N5O5/c1-2-40-29(38)17-26(23-9-6-13-31-19-23)34-28(37)16-25(36)20-35-14-12-22-10-11-24(15-27(22)35)33-30(39)32-18-21-7-4-3-5-8-21/h3-11,13,15,19,26H,2,12,14,16-18,20H2,1H3,(H,34,37)(H2,32,33,39). The second-order valence-corrected chi connectivity index (χ2v) is 9.44. The first-order valence-corrected chi connectivity index (χ1v) is 13.2. The highest BCUT2D eigenvalue weighted by Gasteiger charge is 2.25. The van der Waals surface area contributed by atoms with E-state index in [1.807, 2.05) is 53.4 Å². The zero-order valence-electron chi connectivity index (χ0n) is 22.4. The predicted molar refractivity (Wildman–Crippen MR) is 151 cm³/mol. The molecule has 10 nitrogen and oxygen atoms in total. The van der Waals surface area contributed by atoms with Gasteiger partial charge in [0, 0.05) is 36.9 Å². The van der Waals surface area contributed by atoms with Crippen molar-refractivity contribution in [3.05, 3.63) is 89.7 Å². The van der Waals surface area contributed by atoms with E-state index < -0.39 is 17.9 Å². The lowest BCUT2D eigenvalue weighted by molar-refractivity contribution is -0.143. The second kappa shape index (κ2) is 13.9. The fraction of sp³-hybridized carbons (Fsp3) is 0.300. The van der Waals surface area contributed by atoms with Crippen LogP contribution in [0, 0.1) is 0 Å². The number of ketones is 1. The molecule has 1 unspecified atom stereocenters. The van der Waals surface area contributed by atoms with Crippen molar-refractivity contribution >= 4 is 35.1 Å². The molecule has 1 aliphatic heterocycles. The Morgan fingerprint density at radius 3 is 2.62 bits per heavy atom. The Labute approximate surface area is 233 Å². The van der Waals surface area contributed by atoms with Crippen molar-refractivity contribution in [3.8, 4) is 0 Å². The van der Waals surface area contributed by atoms with Crippen molar-refractivity contribution in [1.29, 1.82) is 0 Å². The molecule has 2 aromatic carbocycles. The molecule has 0 spiro atoms. The third-order valence-electron chi connectivity index (χ3n) is 6.45. The number of carbonyl (C=O) groups excluding carboxylic acids is 4. The van der Waals surface area contributed by atoms with E-state index in [0.29, 0.717) is 24.3 Å². The molecule has 208 valence electrons. The summed E-state index contributed by atoms with van der Waals surface area (Å²) in [5.41, 5.74) is 4.18. The summed E-state index contributed by atoms with van der Waals surface area (Å²) < 4.78 is 5.03. The van der Waals surface area contributed by atoms with Crippen LogP contribution in [0.2, 0.25) is 0 Å². The number of hydrogen-bond donors (Lipinski definition) is 3. The van der Waals surface area contributed by atoms with Crippen LogP contribution in [0.5, 0.6) is 0 Å². The van der Waals surface area contributed by atoms with Gasteiger partial charge in [-0.25, -0.2) is 4.79 Å². The van der Waals surface area contributed by atoms with Gasteiger partial charge in [0.2, 0.25) is 5.91 Å². The van der Waals surface area contributed by atoms with Gasteiger partial charge >= 0.3 is 12.0 Å². The Morgan fingerprint density at radius 2 is 1.88 bits per heavy atom. The SMILES string of the molecule is CCOC(=O)CC(NC(=O)CC(=O)CN1CCc2ccc(NC(=O)NCc3ccccc3)cc21)c1cccnc1. The van der Waals surface area contributed by atoms with Gasteiger partial charge in [-0.15, -0.1) is 0 Å². The molecule has 0 saturated heterocycles. The van der Waals surface area contributed by atoms with E-state index in [-0.39, 0.29) is 37.8 Å². The Balaban J connectivity index is 1.31. The number of Topliss-reactive ketones (excluding diaryl/α,β-unsaturated/α-hetero) is 1. The lowest BCUT2D eigenvalue weighted by Gasteiger charge is -2.20. The van der Waals surface area contributed by atoms with E-state index in [0.717, 1.165) is 23.2 Å². The molecule has 0 bridgehead atoms. The van der Waals surface area contributed by atoms with Crippen molar-refractivity contribution in [2.24, 2.45) is 0 Å². The first-order valence-electron chi connectivity index (χ1n) is 13.2. The molecule has 3 aromatic rings. The molecule has 40 heavy (non-hydrogen) atoms. The molecule has 0 aliphatic carbocycles. The summed E-state index contributed by atoms with van der Waals surface area (Å²) in [6.07, 6.45) is 3.54. The number of anilines is 2. The summed E-state index contributed by atoms with van der Waals surface area (Å²) in [5, 5.41) is 8.45. The van der Waals surface area contributed by atoms with E-state index in [2.05, 4.69) is 20.9 Å². The van der Waals surface area contributed by atoms with Crippen LogP contribution in [0.4, 0.5) is 16.2 Å². The predicted octanol–water partition coefficient (Wildman–Crippen LogP) is 3.54. The van der Waals surface area contributed by atoms with Crippen LogP contribution in [0.3, 0.4) is 0 Å². The van der Waals surface area contributed by atoms with Crippen LogP contribution in [0.1, 0.15) is 42.5 Å². The fourth-order valence-corrected chi connectivity index (χ4v) is 4.56. The number of amides is 3. The summed E-state index contributed by atoms with van der Waals surface area (Å²) in [4.78, 5) is 56.1. The van der Waals surface area contributed by atoms with E-state index in [1.54, 1.807) is 31.5 Å². The third-order valence-corrected chi connectivity index (χ3v) is 6.45. The average molecular weight is 544 g/mol. The summed E-state index contributed by atoms with van der Waals surface area (Å²) >= 11 is 0. The topological polar surface area (TPSA) is 130 Å². The number of fused-ring (bicyclic) bond motifs is 1. The van der Waals surface area contributed by atoms with E-state index >= 15 is 0 Å². The third kappa shape index (κ3) is 8.13. The Hall–Kier alpha value is -4.73. The van der Waals surface area contributed by atoms with Crippen LogP contribution >= 0.6 is 0 Å². The Morgan fingerprint density at radius 1 is 1.05 bits per heavy atom. The van der Waals surface area contributed by atoms with Crippen LogP contribution in [-0.2, 0) is 32.1 Å². The van der Waals surface area contributed by atoms with Crippen LogP contribution < -0.4 is 20.9 Å². The van der Waals surface area contributed by atoms with E-state index in [9.17, 15) is 19.2 Å². The molecule has 10 heteroatoms. The first-order chi connectivity index (χ1) is 19.4. The first kappa shape index (κ1) is 28.3. The van der Waals surface area contributed by atoms with Crippen molar-refractivity contribution in [2.75, 3.05) is 29.9 Å². The minimum Gasteiger partial charge on any atom is -0.466 e. The maximum atomic E-state index is 12.9. The zero-order chi connectivity index (χ0) is 28.3. The van der Waals surface area contributed by atoms with Gasteiger partial charge in [-0.2, -0.15) is 0 Å². The highest BCUT2D eigenvalue weighted by molar-refractivity contribution is 6.00. The highest BCUT2D eigenvalue weighted by Crippen LogP contribution is 2.31. The summed E-state index contributed by atoms with van der Waals surface area (Å²) in [6, 6.07) is 17.7. The summed E-state index contributed by atoms with van der Waals surface area (Å²) in [5.74, 6) is -1.19. The van der Waals surface area contributed by atoms with Crippen molar-refractivity contribution in [3.63, 3.8) is 0 Å². The Bertz CT molecular complexity index is 1330. The van der Waals surface area contributed by atoms with Crippen molar-refractivity contribution in [1.82, 2.24) is 15.6 Å². The lowest BCUT2D eigenvalue weighted by Crippen LogP contribution is -2.35. The van der Waals surface area contributed by atoms with Crippen LogP contribution in [-0.4, -0.2) is 48.4 Å². The number of nitrogens with zero attached hydrogens (tertiary/aromatic N) is 2. The highest BCUT2D eigenvalue weighted by atomic mass is 16.5. The lowest BCUT2D eigenvalue weighted by atomic mass is 10.1. The number of benzene rings is 2. The number of ether oxygens (including phenoxy) is 1. The molecule has 1 atom stereocenters. The molecule has 1 aliphatic rings. The number of rotatable bonds is 12. The normalized spacial score (nSPS) is 12.7. The van der Waals surface area contributed by atoms with Crippen LogP contribution in [0.15, 0.2) is 73.1 Å². The zero-order valence-corrected chi connectivity index (χ0v) is 22.4. The minimum atomic E-state index is -0.651. The number of esters is 1. The summed E-state index contributed by atoms with van der Waals surface area (Å²) in [7, 11) is 0. The number of urea groups is 1. The van der Waals surface area contributed by atoms with E-state index in [1.165, 1.54) is 0 Å². The van der Waals surface area contributed by atoms with Gasteiger partial charge in [-0.1, -0.05) is 42.5 Å². The smallest absolute Gasteiger partial charge is 0.319 e. The van der Waals surface area contributed by atoms with Gasteiger partial charge in [0.1, 0.15) is 0 Å². The van der Waals surface area contributed by atoms with Crippen molar-refractivity contribution in [2.45, 2.75) is 38.8 Å². The van der Waals surface area contributed by atoms with Gasteiger partial charge < -0.3 is 25.6 Å². The second-order valence-electron chi connectivity index (χ2n) is 9.44. The molecule has 4 rings (SSSR count). The number of nitrogens with one attached hydrogen (secondary N) is 3. The number of hydrogen-bond acceptors (Lipinski definition) is 7. The molecular weight excluding hydrogens is 510 g/mol. The molecule has 0 saturated carbocycles. The molecule has 2 heterocycles. The largest absolute Gasteiger partial charge is 0.466 e. The molecule has 0 radical (unpaired) electrons. The van der Waals surface area contributed by atoms with Gasteiger partial charge in [0.25, 0.3) is 0 Å². The van der Waals surface area contributed by atoms with Gasteiger partial charge in [-0.05, 0) is 48.2 Å². The van der Waals surface area contributed by atoms with Gasteiger partial charge in [0.15, 0.2) is 5.78 Å². The number of aromatic nitrogens is 1. The Kier molecular flexibility index (Phi) is 9.82. The maximum absolute atomic E-state index is 12.9. The van der Waals surface area contributed by atoms with Gasteiger partial charge in [-0.3, -0.25) is 19.4 Å². The van der Waals surface area contributed by atoms with Crippen molar-refractivity contribution < 1.29 is 23.9 Å². The maximum Gasteiger partial charge on any atom is 0.319 e. The quantitative estimate of drug-likeness (QED) is 0.235.